The Bertz CT molecular complexity index is 961. The first kappa shape index (κ1) is 21.2. The van der Waals surface area contributed by atoms with Crippen LogP contribution in [0.2, 0.25) is 0 Å². The van der Waals surface area contributed by atoms with Crippen molar-refractivity contribution in [3.8, 4) is 5.88 Å². The van der Waals surface area contributed by atoms with Crippen molar-refractivity contribution in [3.63, 3.8) is 0 Å². The molecule has 1 saturated carbocycles. The summed E-state index contributed by atoms with van der Waals surface area (Å²) in [7, 11) is 0. The number of anilines is 1. The Morgan fingerprint density at radius 2 is 2.10 bits per heavy atom. The van der Waals surface area contributed by atoms with Gasteiger partial charge in [-0.2, -0.15) is 4.98 Å². The van der Waals surface area contributed by atoms with Crippen LogP contribution in [0.25, 0.3) is 10.9 Å². The van der Waals surface area contributed by atoms with E-state index in [9.17, 15) is 0 Å². The summed E-state index contributed by atoms with van der Waals surface area (Å²) in [5.41, 5.74) is 0.913. The van der Waals surface area contributed by atoms with E-state index in [0.717, 1.165) is 54.8 Å². The van der Waals surface area contributed by atoms with Gasteiger partial charge in [-0.25, -0.2) is 0 Å². The van der Waals surface area contributed by atoms with E-state index < -0.39 is 0 Å². The fraction of sp³-hybridized carbons (Fsp3) is 0.524. The Kier molecular flexibility index (Phi) is 6.62. The van der Waals surface area contributed by atoms with Gasteiger partial charge in [-0.15, -0.1) is 0 Å². The maximum Gasteiger partial charge on any atom is 0.225 e. The van der Waals surface area contributed by atoms with E-state index in [1.807, 2.05) is 18.3 Å². The van der Waals surface area contributed by atoms with Crippen LogP contribution < -0.4 is 14.6 Å². The van der Waals surface area contributed by atoms with Crippen molar-refractivity contribution in [2.75, 3.05) is 24.7 Å². The van der Waals surface area contributed by atoms with Crippen molar-refractivity contribution < 1.29 is 29.9 Å². The van der Waals surface area contributed by atoms with Gasteiger partial charge >= 0.3 is 0 Å². The molecule has 0 bridgehead atoms. The first-order valence-electron chi connectivity index (χ1n) is 10.3. The van der Waals surface area contributed by atoms with E-state index in [1.54, 1.807) is 0 Å². The summed E-state index contributed by atoms with van der Waals surface area (Å²) in [6.45, 7) is 4.41. The predicted molar refractivity (Wildman–Crippen MR) is 108 cm³/mol. The molecule has 1 unspecified atom stereocenters. The number of hydrogen-bond donors (Lipinski definition) is 0. The second-order valence-electron chi connectivity index (χ2n) is 7.88. The maximum atomic E-state index is 6.44. The fourth-order valence-electron chi connectivity index (χ4n) is 4.32. The summed E-state index contributed by atoms with van der Waals surface area (Å²) < 4.78 is 12.0. The summed E-state index contributed by atoms with van der Waals surface area (Å²) in [5.74, 6) is 2.83. The molecule has 0 radical (unpaired) electrons. The van der Waals surface area contributed by atoms with Gasteiger partial charge in [-0.05, 0) is 62.8 Å². The van der Waals surface area contributed by atoms with Crippen molar-refractivity contribution in [2.45, 2.75) is 50.7 Å². The minimum Gasteiger partial charge on any atom is -0.474 e. The molecular weight excluding hydrogens is 475 g/mol. The van der Waals surface area contributed by atoms with Crippen molar-refractivity contribution in [2.24, 2.45) is 0 Å². The summed E-state index contributed by atoms with van der Waals surface area (Å²) >= 11 is 0. The largest absolute Gasteiger partial charge is 0.474 e. The van der Waals surface area contributed by atoms with Gasteiger partial charge in [0.1, 0.15) is 11.9 Å². The second-order valence-corrected chi connectivity index (χ2v) is 7.88. The monoisotopic (exact) mass is 499 g/mol. The smallest absolute Gasteiger partial charge is 0.225 e. The van der Waals surface area contributed by atoms with Crippen molar-refractivity contribution in [1.82, 2.24) is 25.1 Å². The van der Waals surface area contributed by atoms with Crippen LogP contribution in [0.5, 0.6) is 5.88 Å². The normalized spacial score (nSPS) is 24.4. The van der Waals surface area contributed by atoms with Crippen LogP contribution in [-0.4, -0.2) is 52.1 Å². The van der Waals surface area contributed by atoms with E-state index in [0.29, 0.717) is 25.0 Å². The molecule has 1 saturated heterocycles. The Hall–Kier alpha value is -2.08. The number of hydrogen-bond acceptors (Lipinski definition) is 7. The molecule has 0 N–H and O–H groups in total. The molecule has 30 heavy (non-hydrogen) atoms. The summed E-state index contributed by atoms with van der Waals surface area (Å²) in [6.07, 6.45) is 7.42. The number of aromatic nitrogens is 5. The number of rotatable bonds is 4. The van der Waals surface area contributed by atoms with E-state index >= 15 is 0 Å². The SMILES string of the molecule is CC1COCCN1c1cc2ncccc2c(OC2CCC(c3nnc[n-]3)CC2)n1.[Pd]. The van der Waals surface area contributed by atoms with Gasteiger partial charge in [0, 0.05) is 39.2 Å². The molecule has 2 fully saturated rings. The summed E-state index contributed by atoms with van der Waals surface area (Å²) in [5, 5.41) is 8.94. The van der Waals surface area contributed by atoms with Gasteiger partial charge in [0.25, 0.3) is 0 Å². The molecule has 0 spiro atoms. The zero-order chi connectivity index (χ0) is 19.6. The molecule has 4 heterocycles. The number of ether oxygens (including phenoxy) is 2. The van der Waals surface area contributed by atoms with E-state index in [1.165, 1.54) is 6.33 Å². The quantitative estimate of drug-likeness (QED) is 0.506. The zero-order valence-corrected chi connectivity index (χ0v) is 18.4. The molecule has 5 rings (SSSR count). The minimum atomic E-state index is 0. The molecule has 0 aromatic carbocycles. The van der Waals surface area contributed by atoms with Gasteiger partial charge in [0.05, 0.1) is 30.2 Å². The molecule has 8 nitrogen and oxygen atoms in total. The van der Waals surface area contributed by atoms with Crippen molar-refractivity contribution in [3.05, 3.63) is 36.5 Å². The molecule has 162 valence electrons. The second kappa shape index (κ2) is 9.38. The topological polar surface area (TPSA) is 87.4 Å². The first-order valence-corrected chi connectivity index (χ1v) is 10.3. The third kappa shape index (κ3) is 4.34. The van der Waals surface area contributed by atoms with Gasteiger partial charge < -0.3 is 29.6 Å². The first-order chi connectivity index (χ1) is 14.3. The van der Waals surface area contributed by atoms with E-state index in [4.69, 9.17) is 14.5 Å². The zero-order valence-electron chi connectivity index (χ0n) is 16.9. The van der Waals surface area contributed by atoms with Gasteiger partial charge in [0.15, 0.2) is 0 Å². The van der Waals surface area contributed by atoms with Gasteiger partial charge in [-0.1, -0.05) is 0 Å². The van der Waals surface area contributed by atoms with Crippen molar-refractivity contribution in [1.29, 1.82) is 0 Å². The summed E-state index contributed by atoms with van der Waals surface area (Å²) in [4.78, 5) is 16.0. The average molecular weight is 500 g/mol. The molecule has 2 aliphatic rings. The Labute approximate surface area is 189 Å². The Morgan fingerprint density at radius 1 is 1.23 bits per heavy atom. The summed E-state index contributed by atoms with van der Waals surface area (Å²) in [6, 6.07) is 6.30. The third-order valence-corrected chi connectivity index (χ3v) is 5.93. The minimum absolute atomic E-state index is 0. The number of pyridine rings is 2. The van der Waals surface area contributed by atoms with Gasteiger partial charge in [0.2, 0.25) is 5.88 Å². The van der Waals surface area contributed by atoms with E-state index in [-0.39, 0.29) is 32.6 Å². The van der Waals surface area contributed by atoms with E-state index in [2.05, 4.69) is 38.1 Å². The predicted octanol–water partition coefficient (Wildman–Crippen LogP) is 2.70. The molecule has 1 aliphatic heterocycles. The molecule has 0 amide bonds. The number of nitrogens with zero attached hydrogens (tertiary/aromatic N) is 6. The van der Waals surface area contributed by atoms with Gasteiger partial charge in [-0.3, -0.25) is 4.98 Å². The molecule has 9 heteroatoms. The number of morpholine rings is 1. The van der Waals surface area contributed by atoms with Crippen LogP contribution in [0, 0.1) is 0 Å². The third-order valence-electron chi connectivity index (χ3n) is 5.93. The maximum absolute atomic E-state index is 6.44. The average Bonchev–Trinajstić information content (AvgIpc) is 3.29. The van der Waals surface area contributed by atoms with Crippen LogP contribution in [-0.2, 0) is 25.2 Å². The molecule has 1 atom stereocenters. The molecule has 1 aliphatic carbocycles. The van der Waals surface area contributed by atoms with Crippen LogP contribution >= 0.6 is 0 Å². The number of fused-ring (bicyclic) bond motifs is 1. The Balaban J connectivity index is 0.00000218. The fourth-order valence-corrected chi connectivity index (χ4v) is 4.32. The molecule has 3 aromatic rings. The molecule has 3 aromatic heterocycles. The van der Waals surface area contributed by atoms with Crippen molar-refractivity contribution >= 4 is 16.7 Å². The Morgan fingerprint density at radius 3 is 2.87 bits per heavy atom. The van der Waals surface area contributed by atoms with Crippen LogP contribution in [0.1, 0.15) is 44.3 Å². The van der Waals surface area contributed by atoms with Crippen LogP contribution in [0.4, 0.5) is 5.82 Å². The van der Waals surface area contributed by atoms with Crippen LogP contribution in [0.15, 0.2) is 30.7 Å². The standard InChI is InChI=1S/C21H25N6O2.Pd/c1-14-12-28-10-9-27(14)19-11-18-17(3-2-8-22-18)21(25-19)29-16-6-4-15(5-7-16)20-23-13-24-26-20;/h2-3,8,11,13-16H,4-7,9-10,12H2,1H3;/q-1;. The van der Waals surface area contributed by atoms with Crippen LogP contribution in [0.3, 0.4) is 0 Å². The molecular formula is C21H25N6O2Pd-.